The lowest BCUT2D eigenvalue weighted by molar-refractivity contribution is -0.139. The number of rotatable bonds is 13. The third kappa shape index (κ3) is 8.41. The van der Waals surface area contributed by atoms with Gasteiger partial charge in [0.05, 0.1) is 19.1 Å². The smallest absolute Gasteiger partial charge is 0.244 e. The molecule has 8 nitrogen and oxygen atoms in total. The third-order valence-electron chi connectivity index (χ3n) is 5.64. The first-order chi connectivity index (χ1) is 17.0. The molecule has 198 valence electrons. The Morgan fingerprint density at radius 2 is 1.78 bits per heavy atom. The summed E-state index contributed by atoms with van der Waals surface area (Å²) in [5.74, 6) is -0.255. The van der Waals surface area contributed by atoms with Gasteiger partial charge in [0.1, 0.15) is 18.3 Å². The van der Waals surface area contributed by atoms with Gasteiger partial charge in [-0.25, -0.2) is 8.42 Å². The van der Waals surface area contributed by atoms with E-state index < -0.39 is 28.5 Å². The molecule has 2 aromatic carbocycles. The van der Waals surface area contributed by atoms with Crippen molar-refractivity contribution in [3.8, 4) is 5.75 Å². The second-order valence-electron chi connectivity index (χ2n) is 8.97. The van der Waals surface area contributed by atoms with Crippen LogP contribution in [0.2, 0.25) is 5.02 Å². The molecule has 0 radical (unpaired) electrons. The number of hydrogen-bond acceptors (Lipinski definition) is 5. The summed E-state index contributed by atoms with van der Waals surface area (Å²) in [5.41, 5.74) is 1.16. The van der Waals surface area contributed by atoms with Crippen molar-refractivity contribution in [3.63, 3.8) is 0 Å². The van der Waals surface area contributed by atoms with Gasteiger partial charge in [0.15, 0.2) is 0 Å². The molecule has 0 spiro atoms. The van der Waals surface area contributed by atoms with Gasteiger partial charge in [-0.15, -0.1) is 0 Å². The summed E-state index contributed by atoms with van der Waals surface area (Å²) in [6.45, 7) is 6.03. The minimum atomic E-state index is -3.89. The Kier molecular flexibility index (Phi) is 11.0. The summed E-state index contributed by atoms with van der Waals surface area (Å²) < 4.78 is 31.9. The fourth-order valence-electron chi connectivity index (χ4n) is 3.77. The van der Waals surface area contributed by atoms with Crippen LogP contribution in [0.4, 0.5) is 5.69 Å². The zero-order valence-electron chi connectivity index (χ0n) is 21.5. The van der Waals surface area contributed by atoms with E-state index in [9.17, 15) is 18.0 Å². The predicted molar refractivity (Wildman–Crippen MR) is 144 cm³/mol. The molecule has 2 aromatic rings. The first kappa shape index (κ1) is 29.5. The van der Waals surface area contributed by atoms with Crippen LogP contribution in [0.25, 0.3) is 0 Å². The second kappa shape index (κ2) is 13.5. The first-order valence-corrected chi connectivity index (χ1v) is 14.1. The van der Waals surface area contributed by atoms with Crippen molar-refractivity contribution >= 4 is 39.1 Å². The number of nitrogens with one attached hydrogen (secondary N) is 1. The molecule has 0 aliphatic carbocycles. The summed E-state index contributed by atoms with van der Waals surface area (Å²) in [7, 11) is -2.48. The lowest BCUT2D eigenvalue weighted by atomic mass is 10.1. The third-order valence-corrected chi connectivity index (χ3v) is 7.01. The number of carbonyl (C=O) groups is 2. The highest BCUT2D eigenvalue weighted by Crippen LogP contribution is 2.33. The van der Waals surface area contributed by atoms with Crippen molar-refractivity contribution < 1.29 is 22.7 Å². The van der Waals surface area contributed by atoms with Crippen LogP contribution in [0.15, 0.2) is 48.5 Å². The molecule has 1 N–H and O–H groups in total. The fourth-order valence-corrected chi connectivity index (χ4v) is 4.78. The van der Waals surface area contributed by atoms with Crippen LogP contribution in [0.5, 0.6) is 5.75 Å². The number of carbonyl (C=O) groups excluding carboxylic acids is 2. The molecular weight excluding hydrogens is 502 g/mol. The number of ether oxygens (including phenoxy) is 1. The number of anilines is 1. The van der Waals surface area contributed by atoms with Crippen LogP contribution in [-0.2, 0) is 26.0 Å². The summed E-state index contributed by atoms with van der Waals surface area (Å²) >= 11 is 6.13. The van der Waals surface area contributed by atoms with Gasteiger partial charge in [-0.1, -0.05) is 62.7 Å². The van der Waals surface area contributed by atoms with Crippen molar-refractivity contribution in [2.45, 2.75) is 39.7 Å². The molecule has 36 heavy (non-hydrogen) atoms. The number of sulfonamides is 1. The molecular formula is C26H36ClN3O5S. The molecule has 0 saturated carbocycles. The van der Waals surface area contributed by atoms with Crippen molar-refractivity contribution in [2.75, 3.05) is 37.3 Å². The zero-order valence-corrected chi connectivity index (χ0v) is 23.1. The molecule has 0 aliphatic heterocycles. The van der Waals surface area contributed by atoms with E-state index in [1.165, 1.54) is 18.1 Å². The molecule has 0 aliphatic rings. The molecule has 0 heterocycles. The Balaban J connectivity index is 2.41. The Bertz CT molecular complexity index is 1130. The van der Waals surface area contributed by atoms with Crippen LogP contribution in [0.3, 0.4) is 0 Å². The molecule has 0 unspecified atom stereocenters. The van der Waals surface area contributed by atoms with Gasteiger partial charge in [0, 0.05) is 18.1 Å². The van der Waals surface area contributed by atoms with Gasteiger partial charge >= 0.3 is 0 Å². The van der Waals surface area contributed by atoms with Gasteiger partial charge < -0.3 is 15.0 Å². The monoisotopic (exact) mass is 537 g/mol. The summed E-state index contributed by atoms with van der Waals surface area (Å²) in [6.07, 6.45) is 1.91. The average Bonchev–Trinajstić information content (AvgIpc) is 2.83. The van der Waals surface area contributed by atoms with E-state index in [4.69, 9.17) is 16.3 Å². The van der Waals surface area contributed by atoms with E-state index in [0.29, 0.717) is 24.4 Å². The van der Waals surface area contributed by atoms with E-state index in [-0.39, 0.29) is 29.8 Å². The van der Waals surface area contributed by atoms with Gasteiger partial charge in [-0.3, -0.25) is 13.9 Å². The molecule has 0 saturated heterocycles. The highest BCUT2D eigenvalue weighted by molar-refractivity contribution is 7.92. The van der Waals surface area contributed by atoms with Crippen molar-refractivity contribution in [3.05, 3.63) is 59.1 Å². The quantitative estimate of drug-likeness (QED) is 0.420. The SMILES string of the molecule is CC[C@H](C(=O)NCC(C)C)N(CCc1ccccc1)C(=O)CN(c1cc(Cl)ccc1OC)S(C)(=O)=O. The average molecular weight is 538 g/mol. The topological polar surface area (TPSA) is 96.0 Å². The largest absolute Gasteiger partial charge is 0.495 e. The van der Waals surface area contributed by atoms with E-state index in [1.54, 1.807) is 12.1 Å². The minimum Gasteiger partial charge on any atom is -0.495 e. The Labute approximate surface area is 219 Å². The Morgan fingerprint density at radius 3 is 2.33 bits per heavy atom. The van der Waals surface area contributed by atoms with Gasteiger partial charge in [0.2, 0.25) is 21.8 Å². The van der Waals surface area contributed by atoms with Crippen LogP contribution >= 0.6 is 11.6 Å². The molecule has 0 aromatic heterocycles. The molecule has 2 amide bonds. The van der Waals surface area contributed by atoms with Crippen LogP contribution in [-0.4, -0.2) is 64.2 Å². The highest BCUT2D eigenvalue weighted by atomic mass is 35.5. The number of halogens is 1. The lowest BCUT2D eigenvalue weighted by Crippen LogP contribution is -2.53. The minimum absolute atomic E-state index is 0.154. The molecule has 1 atom stereocenters. The summed E-state index contributed by atoms with van der Waals surface area (Å²) in [5, 5.41) is 3.20. The van der Waals surface area contributed by atoms with Crippen LogP contribution in [0, 0.1) is 5.92 Å². The maximum Gasteiger partial charge on any atom is 0.244 e. The summed E-state index contributed by atoms with van der Waals surface area (Å²) in [4.78, 5) is 28.2. The van der Waals surface area contributed by atoms with E-state index >= 15 is 0 Å². The lowest BCUT2D eigenvalue weighted by Gasteiger charge is -2.33. The maximum atomic E-state index is 13.7. The van der Waals surface area contributed by atoms with E-state index in [2.05, 4.69) is 5.32 Å². The van der Waals surface area contributed by atoms with Gasteiger partial charge in [-0.05, 0) is 42.5 Å². The number of nitrogens with zero attached hydrogens (tertiary/aromatic N) is 2. The number of methoxy groups -OCH3 is 1. The molecule has 0 bridgehead atoms. The molecule has 2 rings (SSSR count). The fraction of sp³-hybridized carbons (Fsp3) is 0.462. The Hall–Kier alpha value is -2.78. The highest BCUT2D eigenvalue weighted by Gasteiger charge is 2.32. The summed E-state index contributed by atoms with van der Waals surface area (Å²) in [6, 6.07) is 13.4. The second-order valence-corrected chi connectivity index (χ2v) is 11.3. The normalized spacial score (nSPS) is 12.2. The van der Waals surface area contributed by atoms with Crippen molar-refractivity contribution in [1.29, 1.82) is 0 Å². The van der Waals surface area contributed by atoms with Crippen LogP contribution in [0.1, 0.15) is 32.8 Å². The number of benzene rings is 2. The standard InChI is InChI=1S/C26H36ClN3O5S/c1-6-22(26(32)28-17-19(2)3)29(15-14-20-10-8-7-9-11-20)25(31)18-30(36(5,33)34)23-16-21(27)12-13-24(23)35-4/h7-13,16,19,22H,6,14-15,17-18H2,1-5H3,(H,28,32)/t22-/m1/s1. The van der Waals surface area contributed by atoms with Crippen molar-refractivity contribution in [2.24, 2.45) is 5.92 Å². The Morgan fingerprint density at radius 1 is 1.11 bits per heavy atom. The van der Waals surface area contributed by atoms with Gasteiger partial charge in [0.25, 0.3) is 0 Å². The number of amides is 2. The van der Waals surface area contributed by atoms with Gasteiger partial charge in [-0.2, -0.15) is 0 Å². The zero-order chi connectivity index (χ0) is 26.9. The van der Waals surface area contributed by atoms with Crippen LogP contribution < -0.4 is 14.4 Å². The predicted octanol–water partition coefficient (Wildman–Crippen LogP) is 3.74. The first-order valence-electron chi connectivity index (χ1n) is 11.9. The van der Waals surface area contributed by atoms with Crippen molar-refractivity contribution in [1.82, 2.24) is 10.2 Å². The van der Waals surface area contributed by atoms with E-state index in [0.717, 1.165) is 16.1 Å². The van der Waals surface area contributed by atoms with E-state index in [1.807, 2.05) is 51.1 Å². The molecule has 10 heteroatoms. The maximum absolute atomic E-state index is 13.7. The number of hydrogen-bond donors (Lipinski definition) is 1. The molecule has 0 fully saturated rings.